The van der Waals surface area contributed by atoms with E-state index in [-0.39, 0.29) is 35.6 Å². The van der Waals surface area contributed by atoms with Crippen LogP contribution in [-0.4, -0.2) is 35.2 Å². The maximum absolute atomic E-state index is 13.4. The van der Waals surface area contributed by atoms with Gasteiger partial charge in [-0.15, -0.1) is 0 Å². The van der Waals surface area contributed by atoms with Crippen molar-refractivity contribution in [2.75, 3.05) is 6.54 Å². The van der Waals surface area contributed by atoms with E-state index < -0.39 is 5.41 Å². The predicted octanol–water partition coefficient (Wildman–Crippen LogP) is 2.73. The minimum atomic E-state index is -1.09. The molecule has 1 aliphatic heterocycles. The van der Waals surface area contributed by atoms with Gasteiger partial charge < -0.3 is 16.0 Å². The summed E-state index contributed by atoms with van der Waals surface area (Å²) in [5.41, 5.74) is 5.56. The van der Waals surface area contributed by atoms with Crippen molar-refractivity contribution in [2.45, 2.75) is 51.6 Å². The van der Waals surface area contributed by atoms with Gasteiger partial charge in [-0.2, -0.15) is 0 Å². The number of primary amides is 1. The number of nitrogens with zero attached hydrogens (tertiary/aromatic N) is 1. The van der Waals surface area contributed by atoms with E-state index in [1.165, 1.54) is 0 Å². The zero-order valence-electron chi connectivity index (χ0n) is 17.9. The summed E-state index contributed by atoms with van der Waals surface area (Å²) in [4.78, 5) is 40.6. The third kappa shape index (κ3) is 3.34. The predicted molar refractivity (Wildman–Crippen MR) is 117 cm³/mol. The normalized spacial score (nSPS) is 38.5. The van der Waals surface area contributed by atoms with Gasteiger partial charge >= 0.3 is 0 Å². The number of carbonyl (C=O) groups excluding carboxylic acids is 3. The maximum atomic E-state index is 13.4. The Hall–Kier alpha value is -2.08. The average Bonchev–Trinajstić information content (AvgIpc) is 3.01. The molecular weight excluding hydrogens is 414 g/mol. The first kappa shape index (κ1) is 20.8. The molecule has 7 heteroatoms. The third-order valence-electron chi connectivity index (χ3n) is 8.51. The summed E-state index contributed by atoms with van der Waals surface area (Å²) in [5.74, 6) is 0.762. The summed E-state index contributed by atoms with van der Waals surface area (Å²) >= 11 is 6.27. The lowest BCUT2D eigenvalue weighted by atomic mass is 9.49. The monoisotopic (exact) mass is 443 g/mol. The van der Waals surface area contributed by atoms with Gasteiger partial charge in [0.2, 0.25) is 17.7 Å². The van der Waals surface area contributed by atoms with Gasteiger partial charge in [-0.05, 0) is 74.3 Å². The molecule has 3 N–H and O–H groups in total. The fraction of sp³-hybridized carbons (Fsp3) is 0.625. The number of amides is 3. The smallest absolute Gasteiger partial charge is 0.238 e. The molecule has 5 aliphatic rings. The van der Waals surface area contributed by atoms with Gasteiger partial charge in [0.25, 0.3) is 0 Å². The van der Waals surface area contributed by atoms with Crippen molar-refractivity contribution in [2.24, 2.45) is 40.7 Å². The largest absolute Gasteiger partial charge is 0.369 e. The summed E-state index contributed by atoms with van der Waals surface area (Å²) in [5, 5.41) is 3.86. The summed E-state index contributed by atoms with van der Waals surface area (Å²) in [7, 11) is 0. The zero-order chi connectivity index (χ0) is 21.9. The molecule has 0 spiro atoms. The molecule has 31 heavy (non-hydrogen) atoms. The highest BCUT2D eigenvalue weighted by atomic mass is 35.5. The molecule has 166 valence electrons. The number of benzene rings is 1. The van der Waals surface area contributed by atoms with Gasteiger partial charge in [0.1, 0.15) is 5.41 Å². The lowest BCUT2D eigenvalue weighted by Gasteiger charge is -2.57. The molecular formula is C24H30ClN3O3. The molecule has 1 saturated heterocycles. The van der Waals surface area contributed by atoms with E-state index in [0.717, 1.165) is 31.2 Å². The molecule has 5 fully saturated rings. The minimum absolute atomic E-state index is 0.0555. The Balaban J connectivity index is 1.31. The van der Waals surface area contributed by atoms with E-state index >= 15 is 0 Å². The zero-order valence-corrected chi connectivity index (χ0v) is 18.6. The second-order valence-electron chi connectivity index (χ2n) is 10.3. The van der Waals surface area contributed by atoms with Crippen molar-refractivity contribution < 1.29 is 14.4 Å². The molecule has 0 aromatic heterocycles. The highest BCUT2D eigenvalue weighted by Gasteiger charge is 2.57. The van der Waals surface area contributed by atoms with Crippen molar-refractivity contribution in [1.29, 1.82) is 0 Å². The molecule has 6 nitrogen and oxygen atoms in total. The van der Waals surface area contributed by atoms with Crippen LogP contribution in [0, 0.1) is 35.0 Å². The van der Waals surface area contributed by atoms with Crippen LogP contribution in [0.2, 0.25) is 5.02 Å². The van der Waals surface area contributed by atoms with Gasteiger partial charge in [-0.3, -0.25) is 14.4 Å². The Kier molecular flexibility index (Phi) is 5.04. The van der Waals surface area contributed by atoms with Crippen LogP contribution in [0.15, 0.2) is 24.3 Å². The van der Waals surface area contributed by atoms with Crippen LogP contribution in [-0.2, 0) is 20.9 Å². The first-order valence-electron chi connectivity index (χ1n) is 11.4. The standard InChI is InChI=1S/C24H30ClN3O3/c1-24(6-7-28(23(24)31)12-14-4-2-3-5-18(14)25)22(30)27-20-16-9-13-8-15(11-16)19(21(26)29)17(20)10-13/h2-5,13,15-17,19-20H,6-12H2,1H3,(H2,26,29)(H,27,30). The van der Waals surface area contributed by atoms with Gasteiger partial charge in [0.05, 0.1) is 0 Å². The van der Waals surface area contributed by atoms with Crippen molar-refractivity contribution >= 4 is 29.3 Å². The number of rotatable bonds is 5. The first-order valence-corrected chi connectivity index (χ1v) is 11.8. The Morgan fingerprint density at radius 1 is 1.19 bits per heavy atom. The summed E-state index contributed by atoms with van der Waals surface area (Å²) in [6, 6.07) is 7.42. The summed E-state index contributed by atoms with van der Waals surface area (Å²) in [6.07, 6.45) is 4.58. The fourth-order valence-corrected chi connectivity index (χ4v) is 7.20. The van der Waals surface area contributed by atoms with Crippen LogP contribution in [0.4, 0.5) is 0 Å². The SMILES string of the molecule is CC1(C(=O)NC2C3CC4CC(C3)C(C(N)=O)C2C4)CCN(Cc2ccccc2Cl)C1=O. The van der Waals surface area contributed by atoms with E-state index in [9.17, 15) is 14.4 Å². The number of hydrogen-bond donors (Lipinski definition) is 2. The molecule has 0 radical (unpaired) electrons. The number of halogens is 1. The minimum Gasteiger partial charge on any atom is -0.369 e. The quantitative estimate of drug-likeness (QED) is 0.685. The number of nitrogens with one attached hydrogen (secondary N) is 1. The van der Waals surface area contributed by atoms with Crippen LogP contribution < -0.4 is 11.1 Å². The van der Waals surface area contributed by atoms with Crippen LogP contribution in [0.3, 0.4) is 0 Å². The van der Waals surface area contributed by atoms with Crippen molar-refractivity contribution in [3.05, 3.63) is 34.9 Å². The van der Waals surface area contributed by atoms with Crippen LogP contribution in [0.25, 0.3) is 0 Å². The molecule has 6 rings (SSSR count). The van der Waals surface area contributed by atoms with E-state index in [0.29, 0.717) is 42.3 Å². The molecule has 1 aromatic rings. The molecule has 7 atom stereocenters. The number of likely N-dealkylation sites (tertiary alicyclic amines) is 1. The highest BCUT2D eigenvalue weighted by molar-refractivity contribution is 6.31. The molecule has 1 aromatic carbocycles. The van der Waals surface area contributed by atoms with Gasteiger partial charge in [-0.25, -0.2) is 0 Å². The first-order chi connectivity index (χ1) is 14.8. The van der Waals surface area contributed by atoms with Crippen LogP contribution >= 0.6 is 11.6 Å². The van der Waals surface area contributed by atoms with E-state index in [4.69, 9.17) is 17.3 Å². The lowest BCUT2D eigenvalue weighted by molar-refractivity contribution is -0.150. The van der Waals surface area contributed by atoms with E-state index in [1.807, 2.05) is 24.3 Å². The van der Waals surface area contributed by atoms with E-state index in [1.54, 1.807) is 11.8 Å². The molecule has 7 unspecified atom stereocenters. The molecule has 4 saturated carbocycles. The molecule has 1 heterocycles. The Bertz CT molecular complexity index is 936. The lowest BCUT2D eigenvalue weighted by Crippen LogP contribution is -2.63. The van der Waals surface area contributed by atoms with Crippen LogP contribution in [0.1, 0.15) is 44.6 Å². The number of hydrogen-bond acceptors (Lipinski definition) is 3. The second kappa shape index (κ2) is 7.51. The van der Waals surface area contributed by atoms with Crippen molar-refractivity contribution in [1.82, 2.24) is 10.2 Å². The average molecular weight is 444 g/mol. The van der Waals surface area contributed by atoms with Gasteiger partial charge in [0.15, 0.2) is 0 Å². The summed E-state index contributed by atoms with van der Waals surface area (Å²) in [6.45, 7) is 2.68. The highest BCUT2D eigenvalue weighted by Crippen LogP contribution is 2.56. The topological polar surface area (TPSA) is 92.5 Å². The molecule has 4 aliphatic carbocycles. The van der Waals surface area contributed by atoms with Crippen molar-refractivity contribution in [3.63, 3.8) is 0 Å². The Labute approximate surface area is 187 Å². The van der Waals surface area contributed by atoms with Gasteiger partial charge in [0, 0.05) is 30.1 Å². The third-order valence-corrected chi connectivity index (χ3v) is 8.88. The second-order valence-corrected chi connectivity index (χ2v) is 10.7. The van der Waals surface area contributed by atoms with E-state index in [2.05, 4.69) is 5.32 Å². The Morgan fingerprint density at radius 2 is 1.94 bits per heavy atom. The van der Waals surface area contributed by atoms with Crippen molar-refractivity contribution in [3.8, 4) is 0 Å². The molecule has 4 bridgehead atoms. The maximum Gasteiger partial charge on any atom is 0.238 e. The number of carbonyl (C=O) groups is 3. The van der Waals surface area contributed by atoms with Gasteiger partial charge in [-0.1, -0.05) is 29.8 Å². The van der Waals surface area contributed by atoms with Crippen LogP contribution in [0.5, 0.6) is 0 Å². The Morgan fingerprint density at radius 3 is 2.68 bits per heavy atom. The summed E-state index contributed by atoms with van der Waals surface area (Å²) < 4.78 is 0. The fourth-order valence-electron chi connectivity index (χ4n) is 7.00. The number of nitrogens with two attached hydrogens (primary N) is 1. The molecule has 3 amide bonds.